The zero-order chi connectivity index (χ0) is 14.6. The Labute approximate surface area is 114 Å². The van der Waals surface area contributed by atoms with Crippen molar-refractivity contribution in [2.45, 2.75) is 11.3 Å². The summed E-state index contributed by atoms with van der Waals surface area (Å²) in [5, 5.41) is 12.4. The summed E-state index contributed by atoms with van der Waals surface area (Å²) < 4.78 is 30.8. The standard InChI is InChI=1S/C11H11N3O5S/c15-11(16)8-2-1-3-9(6-8)20(17,18)13-5-4-10-12-7-19-14-10/h1-3,6-7,13H,4-5H2,(H,15,16). The molecule has 0 saturated carbocycles. The Bertz CT molecular complexity index is 697. The van der Waals surface area contributed by atoms with Gasteiger partial charge in [-0.15, -0.1) is 0 Å². The largest absolute Gasteiger partial charge is 0.478 e. The lowest BCUT2D eigenvalue weighted by Crippen LogP contribution is -2.26. The highest BCUT2D eigenvalue weighted by Gasteiger charge is 2.15. The number of carbonyl (C=O) groups is 1. The van der Waals surface area contributed by atoms with Crippen molar-refractivity contribution in [3.05, 3.63) is 42.0 Å². The van der Waals surface area contributed by atoms with Gasteiger partial charge in [-0.3, -0.25) is 0 Å². The van der Waals surface area contributed by atoms with Gasteiger partial charge in [-0.25, -0.2) is 17.9 Å². The topological polar surface area (TPSA) is 122 Å². The Morgan fingerprint density at radius 3 is 2.85 bits per heavy atom. The molecule has 20 heavy (non-hydrogen) atoms. The van der Waals surface area contributed by atoms with Crippen LogP contribution in [0.1, 0.15) is 16.2 Å². The summed E-state index contributed by atoms with van der Waals surface area (Å²) >= 11 is 0. The van der Waals surface area contributed by atoms with E-state index in [0.717, 1.165) is 12.5 Å². The Morgan fingerprint density at radius 2 is 2.20 bits per heavy atom. The van der Waals surface area contributed by atoms with E-state index in [-0.39, 0.29) is 23.4 Å². The number of hydrogen-bond acceptors (Lipinski definition) is 6. The van der Waals surface area contributed by atoms with Gasteiger partial charge in [-0.05, 0) is 18.2 Å². The quantitative estimate of drug-likeness (QED) is 0.785. The predicted molar refractivity (Wildman–Crippen MR) is 66.6 cm³/mol. The van der Waals surface area contributed by atoms with Gasteiger partial charge < -0.3 is 9.63 Å². The Hall–Kier alpha value is -2.26. The third-order valence-electron chi connectivity index (χ3n) is 2.44. The Balaban J connectivity index is 2.06. The first-order valence-corrected chi connectivity index (χ1v) is 7.05. The van der Waals surface area contributed by atoms with Crippen LogP contribution in [0.3, 0.4) is 0 Å². The van der Waals surface area contributed by atoms with Gasteiger partial charge >= 0.3 is 5.97 Å². The molecule has 0 fully saturated rings. The maximum Gasteiger partial charge on any atom is 0.335 e. The normalized spacial score (nSPS) is 11.4. The maximum atomic E-state index is 12.0. The molecule has 0 atom stereocenters. The molecule has 106 valence electrons. The Morgan fingerprint density at radius 1 is 1.40 bits per heavy atom. The molecule has 0 amide bonds. The van der Waals surface area contributed by atoms with Crippen LogP contribution in [-0.2, 0) is 16.4 Å². The molecule has 8 nitrogen and oxygen atoms in total. The van der Waals surface area contributed by atoms with E-state index in [4.69, 9.17) is 5.11 Å². The van der Waals surface area contributed by atoms with Crippen molar-refractivity contribution in [3.8, 4) is 0 Å². The molecule has 1 heterocycles. The second kappa shape index (κ2) is 5.80. The number of nitrogens with zero attached hydrogens (tertiary/aromatic N) is 2. The molecular weight excluding hydrogens is 286 g/mol. The number of sulfonamides is 1. The molecule has 2 rings (SSSR count). The molecule has 0 saturated heterocycles. The molecule has 2 N–H and O–H groups in total. The fourth-order valence-electron chi connectivity index (χ4n) is 1.48. The molecule has 0 unspecified atom stereocenters. The lowest BCUT2D eigenvalue weighted by Gasteiger charge is -2.06. The number of carboxylic acid groups (broad SMARTS) is 1. The van der Waals surface area contributed by atoms with Crippen LogP contribution in [0.2, 0.25) is 0 Å². The van der Waals surface area contributed by atoms with E-state index < -0.39 is 16.0 Å². The molecule has 1 aromatic heterocycles. The molecule has 2 aromatic rings. The summed E-state index contributed by atoms with van der Waals surface area (Å²) in [5.41, 5.74) is -0.0916. The second-order valence-electron chi connectivity index (χ2n) is 3.83. The number of nitrogens with one attached hydrogen (secondary N) is 1. The molecule has 0 aliphatic rings. The molecular formula is C11H11N3O5S. The molecule has 0 aliphatic heterocycles. The van der Waals surface area contributed by atoms with Crippen LogP contribution in [-0.4, -0.2) is 36.2 Å². The predicted octanol–water partition coefficient (Wildman–Crippen LogP) is 0.289. The van der Waals surface area contributed by atoms with E-state index in [1.54, 1.807) is 0 Å². The fraction of sp³-hybridized carbons (Fsp3) is 0.182. The van der Waals surface area contributed by atoms with Crippen LogP contribution in [0.15, 0.2) is 40.1 Å². The van der Waals surface area contributed by atoms with Gasteiger partial charge in [0.15, 0.2) is 5.82 Å². The summed E-state index contributed by atoms with van der Waals surface area (Å²) in [5.74, 6) is -0.805. The van der Waals surface area contributed by atoms with Gasteiger partial charge in [0, 0.05) is 13.0 Å². The van der Waals surface area contributed by atoms with Crippen molar-refractivity contribution in [1.82, 2.24) is 14.9 Å². The second-order valence-corrected chi connectivity index (χ2v) is 5.60. The number of benzene rings is 1. The number of aromatic nitrogens is 2. The number of hydrogen-bond donors (Lipinski definition) is 2. The van der Waals surface area contributed by atoms with Gasteiger partial charge in [-0.1, -0.05) is 11.2 Å². The van der Waals surface area contributed by atoms with Crippen molar-refractivity contribution in [3.63, 3.8) is 0 Å². The third kappa shape index (κ3) is 3.39. The average molecular weight is 297 g/mol. The number of rotatable bonds is 6. The van der Waals surface area contributed by atoms with Gasteiger partial charge in [0.2, 0.25) is 16.4 Å². The summed E-state index contributed by atoms with van der Waals surface area (Å²) in [7, 11) is -3.77. The van der Waals surface area contributed by atoms with E-state index >= 15 is 0 Å². The highest BCUT2D eigenvalue weighted by molar-refractivity contribution is 7.89. The van der Waals surface area contributed by atoms with Crippen LogP contribution in [0.25, 0.3) is 0 Å². The first kappa shape index (κ1) is 14.2. The lowest BCUT2D eigenvalue weighted by atomic mass is 10.2. The van der Waals surface area contributed by atoms with Gasteiger partial charge in [-0.2, -0.15) is 4.98 Å². The minimum atomic E-state index is -3.77. The SMILES string of the molecule is O=C(O)c1cccc(S(=O)(=O)NCCc2ncon2)c1. The molecule has 0 bridgehead atoms. The molecule has 1 aromatic carbocycles. The highest BCUT2D eigenvalue weighted by atomic mass is 32.2. The van der Waals surface area contributed by atoms with E-state index in [1.807, 2.05) is 0 Å². The van der Waals surface area contributed by atoms with E-state index in [9.17, 15) is 13.2 Å². The monoisotopic (exact) mass is 297 g/mol. The Kier molecular flexibility index (Phi) is 4.11. The van der Waals surface area contributed by atoms with E-state index in [0.29, 0.717) is 5.82 Å². The van der Waals surface area contributed by atoms with Crippen LogP contribution in [0, 0.1) is 0 Å². The fourth-order valence-corrected chi connectivity index (χ4v) is 2.56. The number of aromatic carboxylic acids is 1. The maximum absolute atomic E-state index is 12.0. The van der Waals surface area contributed by atoms with Crippen molar-refractivity contribution in [1.29, 1.82) is 0 Å². The summed E-state index contributed by atoms with van der Waals surface area (Å²) in [6.07, 6.45) is 1.43. The lowest BCUT2D eigenvalue weighted by molar-refractivity contribution is 0.0696. The summed E-state index contributed by atoms with van der Waals surface area (Å²) in [4.78, 5) is 14.5. The zero-order valence-corrected chi connectivity index (χ0v) is 11.0. The van der Waals surface area contributed by atoms with Gasteiger partial charge in [0.05, 0.1) is 10.5 Å². The average Bonchev–Trinajstić information content (AvgIpc) is 2.92. The van der Waals surface area contributed by atoms with Crippen LogP contribution >= 0.6 is 0 Å². The van der Waals surface area contributed by atoms with Crippen molar-refractivity contribution in [2.24, 2.45) is 0 Å². The first-order chi connectivity index (χ1) is 9.49. The number of carboxylic acids is 1. The van der Waals surface area contributed by atoms with Gasteiger partial charge in [0.25, 0.3) is 0 Å². The minimum absolute atomic E-state index is 0.0825. The van der Waals surface area contributed by atoms with Crippen molar-refractivity contribution >= 4 is 16.0 Å². The van der Waals surface area contributed by atoms with Crippen molar-refractivity contribution in [2.75, 3.05) is 6.54 Å². The zero-order valence-electron chi connectivity index (χ0n) is 10.2. The van der Waals surface area contributed by atoms with Crippen LogP contribution in [0.5, 0.6) is 0 Å². The van der Waals surface area contributed by atoms with Crippen molar-refractivity contribution < 1.29 is 22.8 Å². The molecule has 0 spiro atoms. The summed E-state index contributed by atoms with van der Waals surface area (Å²) in [6, 6.07) is 5.11. The van der Waals surface area contributed by atoms with Gasteiger partial charge in [0.1, 0.15) is 0 Å². The highest BCUT2D eigenvalue weighted by Crippen LogP contribution is 2.11. The van der Waals surface area contributed by atoms with E-state index in [1.165, 1.54) is 18.2 Å². The smallest absolute Gasteiger partial charge is 0.335 e. The van der Waals surface area contributed by atoms with Crippen LogP contribution < -0.4 is 4.72 Å². The molecule has 9 heteroatoms. The van der Waals surface area contributed by atoms with E-state index in [2.05, 4.69) is 19.4 Å². The first-order valence-electron chi connectivity index (χ1n) is 5.57. The third-order valence-corrected chi connectivity index (χ3v) is 3.90. The van der Waals surface area contributed by atoms with Crippen LogP contribution in [0.4, 0.5) is 0 Å². The minimum Gasteiger partial charge on any atom is -0.478 e. The molecule has 0 aliphatic carbocycles. The molecule has 0 radical (unpaired) electrons. The summed E-state index contributed by atoms with van der Waals surface area (Å²) in [6.45, 7) is 0.0825.